The molecule has 25 heavy (non-hydrogen) atoms. The van der Waals surface area contributed by atoms with E-state index in [1.54, 1.807) is 12.4 Å². The van der Waals surface area contributed by atoms with Crippen molar-refractivity contribution < 1.29 is 4.79 Å². The Labute approximate surface area is 150 Å². The number of urea groups is 1. The van der Waals surface area contributed by atoms with Crippen LogP contribution in [0.25, 0.3) is 0 Å². The van der Waals surface area contributed by atoms with Crippen LogP contribution < -0.4 is 10.6 Å². The summed E-state index contributed by atoms with van der Waals surface area (Å²) in [7, 11) is 0. The smallest absolute Gasteiger partial charge is 0.321 e. The molecule has 6 nitrogen and oxygen atoms in total. The van der Waals surface area contributed by atoms with Gasteiger partial charge in [0.2, 0.25) is 5.13 Å². The topological polar surface area (TPSA) is 79.8 Å². The van der Waals surface area contributed by atoms with E-state index in [2.05, 4.69) is 51.8 Å². The molecular weight excluding hydrogens is 334 g/mol. The van der Waals surface area contributed by atoms with Gasteiger partial charge in [-0.15, -0.1) is 10.2 Å². The van der Waals surface area contributed by atoms with Crippen LogP contribution in [-0.4, -0.2) is 21.2 Å². The van der Waals surface area contributed by atoms with Crippen molar-refractivity contribution in [1.82, 2.24) is 20.5 Å². The second-order valence-electron chi connectivity index (χ2n) is 6.07. The Morgan fingerprint density at radius 1 is 1.12 bits per heavy atom. The molecule has 3 rings (SSSR count). The second kappa shape index (κ2) is 7.40. The van der Waals surface area contributed by atoms with E-state index in [4.69, 9.17) is 0 Å². The fourth-order valence-electron chi connectivity index (χ4n) is 2.33. The lowest BCUT2D eigenvalue weighted by Gasteiger charge is -2.21. The van der Waals surface area contributed by atoms with Gasteiger partial charge in [-0.05, 0) is 31.0 Å². The number of nitrogens with zero attached hydrogens (tertiary/aromatic N) is 3. The maximum absolute atomic E-state index is 12.0. The van der Waals surface area contributed by atoms with Crippen LogP contribution in [0.3, 0.4) is 0 Å². The summed E-state index contributed by atoms with van der Waals surface area (Å²) >= 11 is 1.38. The third kappa shape index (κ3) is 4.19. The minimum Gasteiger partial charge on any atom is -0.334 e. The lowest BCUT2D eigenvalue weighted by atomic mass is 9.85. The molecule has 0 aliphatic heterocycles. The molecule has 0 saturated carbocycles. The zero-order chi connectivity index (χ0) is 17.7. The van der Waals surface area contributed by atoms with Gasteiger partial charge in [-0.1, -0.05) is 47.7 Å². The first-order valence-corrected chi connectivity index (χ1v) is 8.70. The van der Waals surface area contributed by atoms with Gasteiger partial charge in [0.15, 0.2) is 0 Å². The van der Waals surface area contributed by atoms with E-state index in [1.165, 1.54) is 11.3 Å². The molecule has 7 heteroatoms. The minimum atomic E-state index is -0.316. The molecule has 0 saturated heterocycles. The number of anilines is 1. The Bertz CT molecular complexity index is 833. The van der Waals surface area contributed by atoms with Crippen molar-refractivity contribution in [2.45, 2.75) is 25.8 Å². The fraction of sp³-hybridized carbons (Fsp3) is 0.222. The normalized spacial score (nSPS) is 11.1. The quantitative estimate of drug-likeness (QED) is 0.735. The van der Waals surface area contributed by atoms with Gasteiger partial charge in [0.05, 0.1) is 0 Å². The van der Waals surface area contributed by atoms with Crippen LogP contribution in [0.4, 0.5) is 9.93 Å². The standard InChI is InChI=1S/C18H19N5OS/c1-18(2,14-8-4-3-5-9-14)15-22-23-17(25-15)21-16(24)20-12-13-7-6-10-19-11-13/h3-11H,12H2,1-2H3,(H2,20,21,23,24). The van der Waals surface area contributed by atoms with Crippen molar-refractivity contribution in [2.24, 2.45) is 0 Å². The van der Waals surface area contributed by atoms with Crippen molar-refractivity contribution in [3.63, 3.8) is 0 Å². The zero-order valence-electron chi connectivity index (χ0n) is 14.1. The molecule has 2 heterocycles. The summed E-state index contributed by atoms with van der Waals surface area (Å²) in [4.78, 5) is 16.0. The molecular formula is C18H19N5OS. The number of nitrogens with one attached hydrogen (secondary N) is 2. The van der Waals surface area contributed by atoms with Gasteiger partial charge in [-0.25, -0.2) is 4.79 Å². The lowest BCUT2D eigenvalue weighted by molar-refractivity contribution is 0.251. The summed E-state index contributed by atoms with van der Waals surface area (Å²) in [6, 6.07) is 13.5. The number of carbonyl (C=O) groups is 1. The van der Waals surface area contributed by atoms with Crippen molar-refractivity contribution in [3.8, 4) is 0 Å². The molecule has 0 radical (unpaired) electrons. The number of rotatable bonds is 5. The summed E-state index contributed by atoms with van der Waals surface area (Å²) in [5.74, 6) is 0. The van der Waals surface area contributed by atoms with E-state index in [0.29, 0.717) is 11.7 Å². The Kier molecular flexibility index (Phi) is 5.04. The van der Waals surface area contributed by atoms with Gasteiger partial charge in [0.1, 0.15) is 5.01 Å². The number of aromatic nitrogens is 3. The van der Waals surface area contributed by atoms with Crippen LogP contribution >= 0.6 is 11.3 Å². The number of hydrogen-bond acceptors (Lipinski definition) is 5. The van der Waals surface area contributed by atoms with Crippen molar-refractivity contribution in [1.29, 1.82) is 0 Å². The summed E-state index contributed by atoms with van der Waals surface area (Å²) < 4.78 is 0. The van der Waals surface area contributed by atoms with Crippen LogP contribution in [0.15, 0.2) is 54.9 Å². The first kappa shape index (κ1) is 17.0. The first-order valence-electron chi connectivity index (χ1n) is 7.89. The monoisotopic (exact) mass is 353 g/mol. The highest BCUT2D eigenvalue weighted by molar-refractivity contribution is 7.15. The third-order valence-corrected chi connectivity index (χ3v) is 5.01. The van der Waals surface area contributed by atoms with Gasteiger partial charge >= 0.3 is 6.03 Å². The summed E-state index contributed by atoms with van der Waals surface area (Å²) in [5.41, 5.74) is 1.81. The van der Waals surface area contributed by atoms with Gasteiger partial charge in [-0.3, -0.25) is 10.3 Å². The molecule has 3 aromatic rings. The fourth-order valence-corrected chi connectivity index (χ4v) is 3.19. The maximum atomic E-state index is 12.0. The van der Waals surface area contributed by atoms with Crippen LogP contribution in [0.2, 0.25) is 0 Å². The predicted molar refractivity (Wildman–Crippen MR) is 98.6 cm³/mol. The van der Waals surface area contributed by atoms with Crippen LogP contribution in [-0.2, 0) is 12.0 Å². The average Bonchev–Trinajstić information content (AvgIpc) is 3.11. The molecule has 2 N–H and O–H groups in total. The van der Waals surface area contributed by atoms with Crippen LogP contribution in [0.5, 0.6) is 0 Å². The molecule has 0 aliphatic carbocycles. The molecule has 1 aromatic carbocycles. The summed E-state index contributed by atoms with van der Waals surface area (Å²) in [6.45, 7) is 4.59. The molecule has 2 amide bonds. The lowest BCUT2D eigenvalue weighted by Crippen LogP contribution is -2.28. The molecule has 0 bridgehead atoms. The van der Waals surface area contributed by atoms with E-state index < -0.39 is 0 Å². The van der Waals surface area contributed by atoms with Gasteiger partial charge in [0.25, 0.3) is 0 Å². The molecule has 0 aliphatic rings. The number of carbonyl (C=O) groups excluding carboxylic acids is 1. The van der Waals surface area contributed by atoms with E-state index in [9.17, 15) is 4.79 Å². The highest BCUT2D eigenvalue weighted by Gasteiger charge is 2.27. The minimum absolute atomic E-state index is 0.273. The molecule has 128 valence electrons. The number of amides is 2. The SMILES string of the molecule is CC(C)(c1ccccc1)c1nnc(NC(=O)NCc2cccnc2)s1. The highest BCUT2D eigenvalue weighted by Crippen LogP contribution is 2.34. The highest BCUT2D eigenvalue weighted by atomic mass is 32.1. The number of pyridine rings is 1. The number of benzene rings is 1. The molecule has 0 atom stereocenters. The second-order valence-corrected chi connectivity index (χ2v) is 7.05. The Morgan fingerprint density at radius 2 is 1.92 bits per heavy atom. The van der Waals surface area contributed by atoms with E-state index in [1.807, 2.05) is 30.3 Å². The van der Waals surface area contributed by atoms with Crippen molar-refractivity contribution >= 4 is 22.5 Å². The Morgan fingerprint density at radius 3 is 2.64 bits per heavy atom. The molecule has 0 fully saturated rings. The van der Waals surface area contributed by atoms with Crippen LogP contribution in [0.1, 0.15) is 30.0 Å². The van der Waals surface area contributed by atoms with E-state index in [0.717, 1.165) is 16.1 Å². The van der Waals surface area contributed by atoms with Gasteiger partial charge in [0, 0.05) is 24.4 Å². The van der Waals surface area contributed by atoms with Gasteiger partial charge in [-0.2, -0.15) is 0 Å². The Hall–Kier alpha value is -2.80. The zero-order valence-corrected chi connectivity index (χ0v) is 14.9. The van der Waals surface area contributed by atoms with E-state index >= 15 is 0 Å². The van der Waals surface area contributed by atoms with E-state index in [-0.39, 0.29) is 11.4 Å². The predicted octanol–water partition coefficient (Wildman–Crippen LogP) is 3.58. The van der Waals surface area contributed by atoms with Gasteiger partial charge < -0.3 is 5.32 Å². The third-order valence-electron chi connectivity index (χ3n) is 3.85. The number of hydrogen-bond donors (Lipinski definition) is 2. The largest absolute Gasteiger partial charge is 0.334 e. The molecule has 0 spiro atoms. The summed E-state index contributed by atoms with van der Waals surface area (Å²) in [6.07, 6.45) is 3.41. The average molecular weight is 353 g/mol. The maximum Gasteiger partial charge on any atom is 0.321 e. The van der Waals surface area contributed by atoms with Crippen molar-refractivity contribution in [2.75, 3.05) is 5.32 Å². The van der Waals surface area contributed by atoms with Crippen molar-refractivity contribution in [3.05, 3.63) is 71.0 Å². The van der Waals surface area contributed by atoms with Crippen LogP contribution in [0, 0.1) is 0 Å². The molecule has 0 unspecified atom stereocenters. The molecule has 2 aromatic heterocycles. The summed E-state index contributed by atoms with van der Waals surface area (Å²) in [5, 5.41) is 15.2. The first-order chi connectivity index (χ1) is 12.1. The Balaban J connectivity index is 1.62.